The summed E-state index contributed by atoms with van der Waals surface area (Å²) in [5.41, 5.74) is 0. The van der Waals surface area contributed by atoms with Crippen LogP contribution in [0.5, 0.6) is 0 Å². The highest BCUT2D eigenvalue weighted by molar-refractivity contribution is 14.0. The van der Waals surface area contributed by atoms with Gasteiger partial charge in [-0.15, -0.1) is 24.0 Å². The van der Waals surface area contributed by atoms with Crippen molar-refractivity contribution in [1.82, 2.24) is 15.6 Å². The number of aromatic nitrogens is 1. The molecule has 0 saturated carbocycles. The number of hydrogen-bond acceptors (Lipinski definition) is 5. The molecule has 1 aromatic rings. The van der Waals surface area contributed by atoms with Crippen LogP contribution in [0.3, 0.4) is 0 Å². The molecule has 158 valence electrons. The van der Waals surface area contributed by atoms with Crippen molar-refractivity contribution in [3.63, 3.8) is 0 Å². The highest BCUT2D eigenvalue weighted by Crippen LogP contribution is 2.34. The third-order valence-corrected chi connectivity index (χ3v) is 6.68. The van der Waals surface area contributed by atoms with Crippen molar-refractivity contribution in [3.8, 4) is 0 Å². The monoisotopic (exact) mass is 523 g/mol. The first kappa shape index (κ1) is 23.5. The van der Waals surface area contributed by atoms with E-state index in [1.54, 1.807) is 12.3 Å². The number of thioether (sulfide) groups is 1. The molecular formula is C19H31FIN5OS. The quantitative estimate of drug-likeness (QED) is 0.340. The zero-order valence-corrected chi connectivity index (χ0v) is 19.8. The van der Waals surface area contributed by atoms with Crippen LogP contribution in [0.1, 0.15) is 26.2 Å². The SMILES string of the molecule is CCNC(=NCC1(SC)CCOCC1)NC1CCN(c2ncccc2F)C1.I. The third kappa shape index (κ3) is 6.09. The van der Waals surface area contributed by atoms with Gasteiger partial charge in [-0.2, -0.15) is 11.8 Å². The fourth-order valence-corrected chi connectivity index (χ4v) is 4.36. The fourth-order valence-electron chi connectivity index (χ4n) is 3.59. The minimum Gasteiger partial charge on any atom is -0.381 e. The highest BCUT2D eigenvalue weighted by Gasteiger charge is 2.32. The summed E-state index contributed by atoms with van der Waals surface area (Å²) in [7, 11) is 0. The lowest BCUT2D eigenvalue weighted by molar-refractivity contribution is 0.0794. The first-order valence-electron chi connectivity index (χ1n) is 9.69. The predicted molar refractivity (Wildman–Crippen MR) is 126 cm³/mol. The first-order chi connectivity index (χ1) is 13.2. The maximum atomic E-state index is 14.0. The van der Waals surface area contributed by atoms with E-state index in [0.29, 0.717) is 5.82 Å². The number of hydrogen-bond donors (Lipinski definition) is 2. The molecule has 6 nitrogen and oxygen atoms in total. The zero-order valence-electron chi connectivity index (χ0n) is 16.6. The van der Waals surface area contributed by atoms with Crippen LogP contribution in [0.4, 0.5) is 10.2 Å². The van der Waals surface area contributed by atoms with Gasteiger partial charge in [-0.1, -0.05) is 0 Å². The maximum Gasteiger partial charge on any atom is 0.191 e. The molecule has 0 aromatic carbocycles. The number of nitrogens with one attached hydrogen (secondary N) is 2. The van der Waals surface area contributed by atoms with E-state index in [-0.39, 0.29) is 40.6 Å². The van der Waals surface area contributed by atoms with Crippen LogP contribution in [-0.4, -0.2) is 67.4 Å². The highest BCUT2D eigenvalue weighted by atomic mass is 127. The van der Waals surface area contributed by atoms with E-state index < -0.39 is 0 Å². The number of ether oxygens (including phenoxy) is 1. The van der Waals surface area contributed by atoms with Gasteiger partial charge in [-0.3, -0.25) is 4.99 Å². The van der Waals surface area contributed by atoms with Crippen molar-refractivity contribution in [2.75, 3.05) is 50.5 Å². The molecule has 0 amide bonds. The summed E-state index contributed by atoms with van der Waals surface area (Å²) in [6.07, 6.45) is 6.81. The van der Waals surface area contributed by atoms with Gasteiger partial charge < -0.3 is 20.3 Å². The Balaban J connectivity index is 0.00000280. The molecule has 1 unspecified atom stereocenters. The Morgan fingerprint density at radius 1 is 1.46 bits per heavy atom. The van der Waals surface area contributed by atoms with Gasteiger partial charge in [-0.25, -0.2) is 9.37 Å². The van der Waals surface area contributed by atoms with Crippen LogP contribution >= 0.6 is 35.7 Å². The van der Waals surface area contributed by atoms with E-state index in [9.17, 15) is 4.39 Å². The number of anilines is 1. The summed E-state index contributed by atoms with van der Waals surface area (Å²) >= 11 is 1.89. The minimum absolute atomic E-state index is 0. The molecule has 0 aliphatic carbocycles. The summed E-state index contributed by atoms with van der Waals surface area (Å²) in [4.78, 5) is 11.1. The largest absolute Gasteiger partial charge is 0.381 e. The second-order valence-corrected chi connectivity index (χ2v) is 8.35. The molecule has 2 aliphatic heterocycles. The van der Waals surface area contributed by atoms with Gasteiger partial charge in [0, 0.05) is 49.8 Å². The molecule has 2 N–H and O–H groups in total. The number of rotatable bonds is 6. The molecule has 9 heteroatoms. The van der Waals surface area contributed by atoms with Crippen molar-refractivity contribution in [3.05, 3.63) is 24.1 Å². The molecule has 2 fully saturated rings. The van der Waals surface area contributed by atoms with Crippen LogP contribution in [0.25, 0.3) is 0 Å². The summed E-state index contributed by atoms with van der Waals surface area (Å²) in [5.74, 6) is 1.01. The number of aliphatic imine (C=N–C) groups is 1. The molecule has 1 atom stereocenters. The van der Waals surface area contributed by atoms with Crippen LogP contribution in [0, 0.1) is 5.82 Å². The van der Waals surface area contributed by atoms with E-state index in [1.165, 1.54) is 6.07 Å². The molecule has 3 rings (SSSR count). The minimum atomic E-state index is -0.264. The van der Waals surface area contributed by atoms with E-state index in [4.69, 9.17) is 9.73 Å². The lowest BCUT2D eigenvalue weighted by atomic mass is 9.99. The van der Waals surface area contributed by atoms with E-state index in [2.05, 4.69) is 28.8 Å². The van der Waals surface area contributed by atoms with Crippen molar-refractivity contribution in [2.24, 2.45) is 4.99 Å². The molecule has 1 aromatic heterocycles. The normalized spacial score (nSPS) is 21.9. The number of pyridine rings is 1. The predicted octanol–water partition coefficient (Wildman–Crippen LogP) is 2.88. The van der Waals surface area contributed by atoms with Gasteiger partial charge >= 0.3 is 0 Å². The van der Waals surface area contributed by atoms with Crippen molar-refractivity contribution < 1.29 is 9.13 Å². The summed E-state index contributed by atoms with van der Waals surface area (Å²) in [5, 5.41) is 6.87. The van der Waals surface area contributed by atoms with Crippen molar-refractivity contribution in [2.45, 2.75) is 37.0 Å². The van der Waals surface area contributed by atoms with Gasteiger partial charge in [0.05, 0.1) is 6.54 Å². The Morgan fingerprint density at radius 2 is 2.25 bits per heavy atom. The molecular weight excluding hydrogens is 492 g/mol. The van der Waals surface area contributed by atoms with Gasteiger partial charge in [0.25, 0.3) is 0 Å². The van der Waals surface area contributed by atoms with E-state index in [1.807, 2.05) is 16.7 Å². The Kier molecular flexibility index (Phi) is 9.55. The van der Waals surface area contributed by atoms with Crippen LogP contribution in [0.15, 0.2) is 23.3 Å². The molecule has 2 aliphatic rings. The Labute approximate surface area is 188 Å². The zero-order chi connectivity index (χ0) is 19.1. The first-order valence-corrected chi connectivity index (χ1v) is 10.9. The summed E-state index contributed by atoms with van der Waals surface area (Å²) in [6.45, 7) is 6.79. The molecule has 2 saturated heterocycles. The number of halogens is 2. The number of guanidine groups is 1. The summed E-state index contributed by atoms with van der Waals surface area (Å²) in [6, 6.07) is 3.31. The van der Waals surface area contributed by atoms with Gasteiger partial charge in [0.15, 0.2) is 17.6 Å². The molecule has 28 heavy (non-hydrogen) atoms. The Hall–Kier alpha value is -0.810. The van der Waals surface area contributed by atoms with Crippen LogP contribution < -0.4 is 15.5 Å². The van der Waals surface area contributed by atoms with E-state index >= 15 is 0 Å². The molecule has 0 bridgehead atoms. The molecule has 0 spiro atoms. The van der Waals surface area contributed by atoms with Crippen LogP contribution in [0.2, 0.25) is 0 Å². The second-order valence-electron chi connectivity index (χ2n) is 7.08. The smallest absolute Gasteiger partial charge is 0.191 e. The maximum absolute atomic E-state index is 14.0. The van der Waals surface area contributed by atoms with E-state index in [0.717, 1.165) is 64.6 Å². The average Bonchev–Trinajstić information content (AvgIpc) is 3.16. The van der Waals surface area contributed by atoms with Crippen molar-refractivity contribution >= 4 is 47.5 Å². The standard InChI is InChI=1S/C19H30FN5OS.HI/c1-3-21-18(23-14-19(27-2)7-11-26-12-8-19)24-15-6-10-25(13-15)17-16(20)5-4-9-22-17;/h4-5,9,15H,3,6-8,10-14H2,1-2H3,(H2,21,23,24);1H. The fraction of sp³-hybridized carbons (Fsp3) is 0.684. The number of nitrogens with zero attached hydrogens (tertiary/aromatic N) is 3. The van der Waals surface area contributed by atoms with Gasteiger partial charge in [-0.05, 0) is 44.6 Å². The van der Waals surface area contributed by atoms with Gasteiger partial charge in [0.1, 0.15) is 0 Å². The Morgan fingerprint density at radius 3 is 2.93 bits per heavy atom. The molecule has 0 radical (unpaired) electrons. The topological polar surface area (TPSA) is 61.8 Å². The van der Waals surface area contributed by atoms with Crippen LogP contribution in [-0.2, 0) is 4.74 Å². The van der Waals surface area contributed by atoms with Crippen molar-refractivity contribution in [1.29, 1.82) is 0 Å². The second kappa shape index (κ2) is 11.4. The lowest BCUT2D eigenvalue weighted by Gasteiger charge is -2.34. The average molecular weight is 523 g/mol. The third-order valence-electron chi connectivity index (χ3n) is 5.27. The van der Waals surface area contributed by atoms with Gasteiger partial charge in [0.2, 0.25) is 0 Å². The lowest BCUT2D eigenvalue weighted by Crippen LogP contribution is -2.46. The summed E-state index contributed by atoms with van der Waals surface area (Å²) < 4.78 is 19.7. The Bertz CT molecular complexity index is 645. The molecule has 3 heterocycles.